The maximum absolute atomic E-state index is 5.87. The molecule has 0 bridgehead atoms. The summed E-state index contributed by atoms with van der Waals surface area (Å²) in [6.45, 7) is 4.93. The highest BCUT2D eigenvalue weighted by Crippen LogP contribution is 2.53. The second-order valence-electron chi connectivity index (χ2n) is 6.91. The molecule has 0 saturated carbocycles. The predicted octanol–water partition coefficient (Wildman–Crippen LogP) is 4.17. The molecule has 0 fully saturated rings. The van der Waals surface area contributed by atoms with Crippen molar-refractivity contribution in [1.29, 1.82) is 0 Å². The Morgan fingerprint density at radius 2 is 1.73 bits per heavy atom. The zero-order chi connectivity index (χ0) is 17.8. The van der Waals surface area contributed by atoms with Crippen LogP contribution in [0, 0.1) is 5.92 Å². The van der Waals surface area contributed by atoms with Crippen molar-refractivity contribution in [2.24, 2.45) is 5.92 Å². The van der Waals surface area contributed by atoms with Crippen molar-refractivity contribution < 1.29 is 23.7 Å². The van der Waals surface area contributed by atoms with Crippen molar-refractivity contribution in [3.63, 3.8) is 0 Å². The summed E-state index contributed by atoms with van der Waals surface area (Å²) >= 11 is 0. The second kappa shape index (κ2) is 5.59. The number of rotatable bonds is 2. The fourth-order valence-electron chi connectivity index (χ4n) is 4.03. The monoisotopic (exact) mass is 352 g/mol. The molecule has 1 aliphatic carbocycles. The molecular weight excluding hydrogens is 332 g/mol. The first-order valence-corrected chi connectivity index (χ1v) is 8.78. The van der Waals surface area contributed by atoms with Gasteiger partial charge in [-0.15, -0.1) is 0 Å². The number of ether oxygens (including phenoxy) is 5. The summed E-state index contributed by atoms with van der Waals surface area (Å²) in [4.78, 5) is 0. The summed E-state index contributed by atoms with van der Waals surface area (Å²) in [5.41, 5.74) is 5.94. The molecule has 0 N–H and O–H groups in total. The fourth-order valence-corrected chi connectivity index (χ4v) is 4.03. The van der Waals surface area contributed by atoms with E-state index in [4.69, 9.17) is 23.7 Å². The Labute approximate surface area is 152 Å². The van der Waals surface area contributed by atoms with Crippen LogP contribution in [0.15, 0.2) is 29.8 Å². The topological polar surface area (TPSA) is 46.2 Å². The Balaban J connectivity index is 1.76. The quantitative estimate of drug-likeness (QED) is 0.812. The van der Waals surface area contributed by atoms with Gasteiger partial charge in [0.25, 0.3) is 0 Å². The molecule has 26 heavy (non-hydrogen) atoms. The van der Waals surface area contributed by atoms with Crippen molar-refractivity contribution in [3.8, 4) is 28.7 Å². The van der Waals surface area contributed by atoms with Crippen molar-refractivity contribution in [1.82, 2.24) is 0 Å². The van der Waals surface area contributed by atoms with Crippen LogP contribution < -0.4 is 23.7 Å². The zero-order valence-corrected chi connectivity index (χ0v) is 15.0. The molecule has 0 aromatic heterocycles. The minimum atomic E-state index is 0.213. The van der Waals surface area contributed by atoms with Crippen molar-refractivity contribution in [2.75, 3.05) is 20.7 Å². The maximum atomic E-state index is 5.87. The SMILES string of the molecule is COc1cc2c(c3c1OCO3)C(c1ccc3c(c1)OCO3)=C(C)C(C)C2. The number of hydrogen-bond donors (Lipinski definition) is 0. The lowest BCUT2D eigenvalue weighted by Gasteiger charge is -2.28. The molecule has 1 atom stereocenters. The molecule has 5 rings (SSSR count). The number of hydrogen-bond acceptors (Lipinski definition) is 5. The van der Waals surface area contributed by atoms with Gasteiger partial charge in [-0.2, -0.15) is 0 Å². The van der Waals surface area contributed by atoms with Gasteiger partial charge in [0, 0.05) is 5.56 Å². The molecule has 1 unspecified atom stereocenters. The average Bonchev–Trinajstić information content (AvgIpc) is 3.30. The van der Waals surface area contributed by atoms with Crippen molar-refractivity contribution in [3.05, 3.63) is 46.5 Å². The summed E-state index contributed by atoms with van der Waals surface area (Å²) in [6.07, 6.45) is 0.947. The van der Waals surface area contributed by atoms with Crippen LogP contribution in [0.4, 0.5) is 0 Å². The Hall–Kier alpha value is -2.82. The van der Waals surface area contributed by atoms with E-state index in [1.165, 1.54) is 16.7 Å². The van der Waals surface area contributed by atoms with Crippen LogP contribution in [-0.4, -0.2) is 20.7 Å². The van der Waals surface area contributed by atoms with Crippen LogP contribution in [-0.2, 0) is 6.42 Å². The third-order valence-electron chi connectivity index (χ3n) is 5.48. The van der Waals surface area contributed by atoms with Crippen molar-refractivity contribution >= 4 is 5.57 Å². The number of benzene rings is 2. The molecule has 0 radical (unpaired) electrons. The van der Waals surface area contributed by atoms with Gasteiger partial charge in [-0.3, -0.25) is 0 Å². The van der Waals surface area contributed by atoms with Gasteiger partial charge in [0.05, 0.1) is 7.11 Å². The summed E-state index contributed by atoms with van der Waals surface area (Å²) in [6, 6.07) is 8.19. The Morgan fingerprint density at radius 1 is 0.962 bits per heavy atom. The van der Waals surface area contributed by atoms with Gasteiger partial charge in [0.15, 0.2) is 23.0 Å². The van der Waals surface area contributed by atoms with Crippen LogP contribution in [0.1, 0.15) is 30.5 Å². The van der Waals surface area contributed by atoms with E-state index in [2.05, 4.69) is 32.0 Å². The third kappa shape index (κ3) is 2.09. The summed E-state index contributed by atoms with van der Waals surface area (Å²) in [5.74, 6) is 4.19. The molecule has 0 amide bonds. The number of methoxy groups -OCH3 is 1. The summed E-state index contributed by atoms with van der Waals surface area (Å²) in [5, 5.41) is 0. The summed E-state index contributed by atoms with van der Waals surface area (Å²) < 4.78 is 28.1. The van der Waals surface area contributed by atoms with E-state index in [-0.39, 0.29) is 13.6 Å². The normalized spacial score (nSPS) is 19.6. The van der Waals surface area contributed by atoms with Gasteiger partial charge < -0.3 is 23.7 Å². The Bertz CT molecular complexity index is 944. The standard InChI is InChI=1S/C21H20O5/c1-11-6-14-8-17(22-3)20-21(26-10-25-20)19(14)18(12(11)2)13-4-5-15-16(7-13)24-9-23-15/h4-5,7-8,11H,6,9-10H2,1-3H3. The fraction of sp³-hybridized carbons (Fsp3) is 0.333. The van der Waals surface area contributed by atoms with Gasteiger partial charge in [-0.1, -0.05) is 18.6 Å². The van der Waals surface area contributed by atoms with Crippen LogP contribution in [0.5, 0.6) is 28.7 Å². The molecule has 2 heterocycles. The van der Waals surface area contributed by atoms with Gasteiger partial charge >= 0.3 is 0 Å². The lowest BCUT2D eigenvalue weighted by Crippen LogP contribution is -2.14. The minimum Gasteiger partial charge on any atom is -0.493 e. The van der Waals surface area contributed by atoms with Gasteiger partial charge in [-0.05, 0) is 54.2 Å². The molecule has 5 heteroatoms. The molecule has 2 aromatic carbocycles. The number of fused-ring (bicyclic) bond motifs is 4. The van der Waals surface area contributed by atoms with Crippen LogP contribution >= 0.6 is 0 Å². The zero-order valence-electron chi connectivity index (χ0n) is 15.0. The molecule has 0 saturated heterocycles. The highest BCUT2D eigenvalue weighted by atomic mass is 16.7. The minimum absolute atomic E-state index is 0.213. The molecule has 2 aliphatic heterocycles. The predicted molar refractivity (Wildman–Crippen MR) is 96.2 cm³/mol. The van der Waals surface area contributed by atoms with E-state index < -0.39 is 0 Å². The van der Waals surface area contributed by atoms with E-state index in [0.29, 0.717) is 11.7 Å². The Morgan fingerprint density at radius 3 is 2.58 bits per heavy atom. The van der Waals surface area contributed by atoms with Gasteiger partial charge in [0.1, 0.15) is 0 Å². The second-order valence-corrected chi connectivity index (χ2v) is 6.91. The number of allylic oxidation sites excluding steroid dienone is 1. The van der Waals surface area contributed by atoms with Crippen molar-refractivity contribution in [2.45, 2.75) is 20.3 Å². The van der Waals surface area contributed by atoms with Gasteiger partial charge in [0.2, 0.25) is 19.3 Å². The smallest absolute Gasteiger partial charge is 0.231 e. The third-order valence-corrected chi connectivity index (χ3v) is 5.48. The molecule has 134 valence electrons. The van der Waals surface area contributed by atoms with E-state index in [9.17, 15) is 0 Å². The first-order chi connectivity index (χ1) is 12.7. The Kier molecular flexibility index (Phi) is 3.32. The first-order valence-electron chi connectivity index (χ1n) is 8.78. The first kappa shape index (κ1) is 15.4. The van der Waals surface area contributed by atoms with E-state index >= 15 is 0 Å². The molecule has 3 aliphatic rings. The van der Waals surface area contributed by atoms with Crippen LogP contribution in [0.2, 0.25) is 0 Å². The highest BCUT2D eigenvalue weighted by Gasteiger charge is 2.33. The van der Waals surface area contributed by atoms with E-state index in [1.54, 1.807) is 7.11 Å². The molecule has 0 spiro atoms. The average molecular weight is 352 g/mol. The lowest BCUT2D eigenvalue weighted by atomic mass is 9.77. The molecule has 2 aromatic rings. The van der Waals surface area contributed by atoms with E-state index in [1.807, 2.05) is 6.07 Å². The maximum Gasteiger partial charge on any atom is 0.231 e. The van der Waals surface area contributed by atoms with Crippen LogP contribution in [0.3, 0.4) is 0 Å². The highest BCUT2D eigenvalue weighted by molar-refractivity contribution is 5.90. The largest absolute Gasteiger partial charge is 0.493 e. The molecular formula is C21H20O5. The lowest BCUT2D eigenvalue weighted by molar-refractivity contribution is 0.171. The van der Waals surface area contributed by atoms with Gasteiger partial charge in [-0.25, -0.2) is 0 Å². The van der Waals surface area contributed by atoms with Crippen LogP contribution in [0.25, 0.3) is 5.57 Å². The van der Waals surface area contributed by atoms with E-state index in [0.717, 1.165) is 40.5 Å². The summed E-state index contributed by atoms with van der Waals surface area (Å²) in [7, 11) is 1.66. The molecule has 5 nitrogen and oxygen atoms in total.